The summed E-state index contributed by atoms with van der Waals surface area (Å²) in [6.45, 7) is 0.441. The van der Waals surface area contributed by atoms with Gasteiger partial charge in [0.15, 0.2) is 11.2 Å². The highest BCUT2D eigenvalue weighted by Gasteiger charge is 2.79. The molecule has 4 aliphatic rings. The van der Waals surface area contributed by atoms with E-state index in [0.717, 1.165) is 25.3 Å². The van der Waals surface area contributed by atoms with E-state index in [1.807, 2.05) is 0 Å². The predicted octanol–water partition coefficient (Wildman–Crippen LogP) is 4.70. The van der Waals surface area contributed by atoms with Crippen molar-refractivity contribution in [2.24, 2.45) is 28.6 Å². The second-order valence-corrected chi connectivity index (χ2v) is 8.74. The smallest absolute Gasteiger partial charge is 0.297 e. The summed E-state index contributed by atoms with van der Waals surface area (Å²) in [4.78, 5) is 25.3. The van der Waals surface area contributed by atoms with Crippen molar-refractivity contribution in [1.29, 1.82) is 5.26 Å². The molecule has 0 heterocycles. The molecule has 0 amide bonds. The number of Topliss-reactive ketones (excluding diaryl/α,β-unsaturated/α-hetero) is 2. The minimum absolute atomic E-state index is 0.102. The van der Waals surface area contributed by atoms with E-state index < -0.39 is 40.4 Å². The van der Waals surface area contributed by atoms with E-state index in [1.54, 1.807) is 0 Å². The maximum Gasteiger partial charge on any atom is 0.460 e. The van der Waals surface area contributed by atoms with E-state index >= 15 is 0 Å². The van der Waals surface area contributed by atoms with E-state index in [4.69, 9.17) is 0 Å². The topological polar surface area (TPSA) is 57.9 Å². The van der Waals surface area contributed by atoms with E-state index in [9.17, 15) is 45.6 Å². The third-order valence-corrected chi connectivity index (χ3v) is 6.69. The Balaban J connectivity index is 1.98. The van der Waals surface area contributed by atoms with E-state index in [2.05, 4.69) is 0 Å². The fraction of sp³-hybridized carbons (Fsp3) is 0.833. The quantitative estimate of drug-likeness (QED) is 0.485. The maximum absolute atomic E-state index is 14.0. The lowest BCUT2D eigenvalue weighted by molar-refractivity contribution is -0.344. The molecular weight excluding hydrogens is 395 g/mol. The molecule has 0 aromatic carbocycles. The van der Waals surface area contributed by atoms with Crippen molar-refractivity contribution in [3.63, 3.8) is 0 Å². The minimum Gasteiger partial charge on any atom is -0.297 e. The molecule has 10 heteroatoms. The fourth-order valence-corrected chi connectivity index (χ4v) is 5.76. The van der Waals surface area contributed by atoms with Crippen LogP contribution in [0.2, 0.25) is 0 Å². The zero-order chi connectivity index (χ0) is 21.3. The Bertz CT molecular complexity index is 701. The normalized spacial score (nSPS) is 34.6. The van der Waals surface area contributed by atoms with Gasteiger partial charge >= 0.3 is 18.0 Å². The van der Waals surface area contributed by atoms with Crippen molar-refractivity contribution in [1.82, 2.24) is 0 Å². The molecular formula is C18H18F7NO2. The molecule has 4 fully saturated rings. The molecule has 0 saturated heterocycles. The van der Waals surface area contributed by atoms with Crippen molar-refractivity contribution in [3.8, 4) is 6.07 Å². The van der Waals surface area contributed by atoms with Gasteiger partial charge < -0.3 is 0 Å². The number of nitrogens with zero attached hydrogens (tertiary/aromatic N) is 1. The Kier molecular flexibility index (Phi) is 4.46. The van der Waals surface area contributed by atoms with Gasteiger partial charge in [0.1, 0.15) is 0 Å². The molecule has 4 bridgehead atoms. The fourth-order valence-electron chi connectivity index (χ4n) is 5.76. The molecule has 0 spiro atoms. The molecule has 0 aliphatic heterocycles. The molecule has 4 saturated carbocycles. The highest BCUT2D eigenvalue weighted by atomic mass is 19.4. The van der Waals surface area contributed by atoms with Gasteiger partial charge in [0.2, 0.25) is 5.78 Å². The SMILES string of the molecule is CC(C#N)(C(=O)C12CC3CC(CC(C3)C1)C2)C(=O)C(F)(F)C(F)(F)C(F)(F)F. The first kappa shape index (κ1) is 21.1. The molecule has 1 unspecified atom stereocenters. The van der Waals surface area contributed by atoms with Crippen LogP contribution in [0.4, 0.5) is 30.7 Å². The number of alkyl halides is 7. The van der Waals surface area contributed by atoms with Crippen LogP contribution >= 0.6 is 0 Å². The average Bonchev–Trinajstić information content (AvgIpc) is 2.57. The number of halogens is 7. The summed E-state index contributed by atoms with van der Waals surface area (Å²) in [7, 11) is 0. The van der Waals surface area contributed by atoms with E-state index in [1.165, 1.54) is 0 Å². The number of hydrogen-bond acceptors (Lipinski definition) is 3. The Morgan fingerprint density at radius 3 is 1.61 bits per heavy atom. The van der Waals surface area contributed by atoms with Crippen LogP contribution in [0.15, 0.2) is 0 Å². The maximum atomic E-state index is 14.0. The largest absolute Gasteiger partial charge is 0.460 e. The lowest BCUT2D eigenvalue weighted by Gasteiger charge is -2.57. The molecule has 4 rings (SSSR count). The first-order valence-electron chi connectivity index (χ1n) is 8.94. The summed E-state index contributed by atoms with van der Waals surface area (Å²) in [5.74, 6) is -16.9. The Morgan fingerprint density at radius 2 is 1.29 bits per heavy atom. The molecule has 4 aliphatic carbocycles. The van der Waals surface area contributed by atoms with Crippen LogP contribution in [0, 0.1) is 39.9 Å². The summed E-state index contributed by atoms with van der Waals surface area (Å²) in [5.41, 5.74) is -4.58. The van der Waals surface area contributed by atoms with Crippen LogP contribution in [0.1, 0.15) is 45.4 Å². The van der Waals surface area contributed by atoms with Gasteiger partial charge in [0.25, 0.3) is 0 Å². The highest BCUT2D eigenvalue weighted by Crippen LogP contribution is 2.62. The third kappa shape index (κ3) is 2.68. The zero-order valence-electron chi connectivity index (χ0n) is 14.9. The Morgan fingerprint density at radius 1 is 0.893 bits per heavy atom. The highest BCUT2D eigenvalue weighted by molar-refractivity contribution is 6.14. The number of hydrogen-bond donors (Lipinski definition) is 0. The molecule has 1 atom stereocenters. The summed E-state index contributed by atoms with van der Waals surface area (Å²) < 4.78 is 92.0. The lowest BCUT2D eigenvalue weighted by atomic mass is 9.46. The van der Waals surface area contributed by atoms with Crippen LogP contribution < -0.4 is 0 Å². The van der Waals surface area contributed by atoms with Gasteiger partial charge in [-0.15, -0.1) is 0 Å². The molecule has 3 nitrogen and oxygen atoms in total. The Labute approximate surface area is 156 Å². The van der Waals surface area contributed by atoms with Gasteiger partial charge in [-0.05, 0) is 63.2 Å². The number of carbonyl (C=O) groups excluding carboxylic acids is 2. The molecule has 156 valence electrons. The van der Waals surface area contributed by atoms with Gasteiger partial charge in [-0.2, -0.15) is 36.0 Å². The van der Waals surface area contributed by atoms with Crippen molar-refractivity contribution >= 4 is 11.6 Å². The van der Waals surface area contributed by atoms with Crippen LogP contribution in [-0.4, -0.2) is 29.6 Å². The van der Waals surface area contributed by atoms with Gasteiger partial charge in [-0.25, -0.2) is 0 Å². The Hall–Kier alpha value is -1.66. The summed E-state index contributed by atoms with van der Waals surface area (Å²) in [5, 5.41) is 9.31. The second kappa shape index (κ2) is 5.92. The van der Waals surface area contributed by atoms with Crippen LogP contribution in [-0.2, 0) is 9.59 Å². The van der Waals surface area contributed by atoms with Crippen molar-refractivity contribution in [3.05, 3.63) is 0 Å². The van der Waals surface area contributed by atoms with E-state index in [-0.39, 0.29) is 37.0 Å². The first-order chi connectivity index (χ1) is 12.6. The van der Waals surface area contributed by atoms with Crippen LogP contribution in [0.25, 0.3) is 0 Å². The number of rotatable bonds is 5. The van der Waals surface area contributed by atoms with Gasteiger partial charge in [0, 0.05) is 5.41 Å². The molecule has 0 radical (unpaired) electrons. The average molecular weight is 413 g/mol. The van der Waals surface area contributed by atoms with Gasteiger partial charge in [-0.1, -0.05) is 0 Å². The first-order valence-corrected chi connectivity index (χ1v) is 8.94. The molecule has 28 heavy (non-hydrogen) atoms. The van der Waals surface area contributed by atoms with Crippen LogP contribution in [0.5, 0.6) is 0 Å². The van der Waals surface area contributed by atoms with Crippen molar-refractivity contribution < 1.29 is 40.3 Å². The molecule has 0 N–H and O–H groups in total. The number of carbonyl (C=O) groups is 2. The summed E-state index contributed by atoms with van der Waals surface area (Å²) >= 11 is 0. The lowest BCUT2D eigenvalue weighted by Crippen LogP contribution is -2.63. The zero-order valence-corrected chi connectivity index (χ0v) is 14.9. The third-order valence-electron chi connectivity index (χ3n) is 6.69. The van der Waals surface area contributed by atoms with Gasteiger partial charge in [0.05, 0.1) is 6.07 Å². The second-order valence-electron chi connectivity index (χ2n) is 8.74. The van der Waals surface area contributed by atoms with E-state index in [0.29, 0.717) is 6.92 Å². The van der Waals surface area contributed by atoms with Gasteiger partial charge in [-0.3, -0.25) is 9.59 Å². The molecule has 0 aromatic rings. The minimum atomic E-state index is -6.72. The summed E-state index contributed by atoms with van der Waals surface area (Å²) in [6, 6.07) is 1.05. The van der Waals surface area contributed by atoms with Crippen LogP contribution in [0.3, 0.4) is 0 Å². The summed E-state index contributed by atoms with van der Waals surface area (Å²) in [6.07, 6.45) is -3.52. The van der Waals surface area contributed by atoms with Crippen molar-refractivity contribution in [2.45, 2.75) is 63.5 Å². The number of ketones is 2. The standard InChI is InChI=1S/C18H18F7NO2/c1-14(8-26,13(28)16(19,20)17(21,22)18(23,24)25)12(27)15-5-9-2-10(6-15)4-11(3-9)7-15/h9-11H,2-7H2,1H3. The monoisotopic (exact) mass is 413 g/mol. The predicted molar refractivity (Wildman–Crippen MR) is 80.3 cm³/mol. The number of nitriles is 1. The van der Waals surface area contributed by atoms with Crippen molar-refractivity contribution in [2.75, 3.05) is 0 Å². The molecule has 0 aromatic heterocycles.